The van der Waals surface area contributed by atoms with Crippen molar-refractivity contribution in [3.8, 4) is 0 Å². The van der Waals surface area contributed by atoms with Crippen molar-refractivity contribution >= 4 is 25.8 Å². The molecule has 9 heteroatoms. The Kier molecular flexibility index (Phi) is 6.87. The number of Topliss-reactive ketones (excluding diaryl/α,β-unsaturated/α-hetero) is 1. The molecule has 0 atom stereocenters. The Balaban J connectivity index is 0.000000816. The highest BCUT2D eigenvalue weighted by atomic mass is 32.2. The average Bonchev–Trinajstić information content (AvgIpc) is 2.48. The van der Waals surface area contributed by atoms with E-state index in [1.54, 1.807) is 0 Å². The van der Waals surface area contributed by atoms with E-state index in [1.807, 2.05) is 0 Å². The molecule has 1 fully saturated rings. The zero-order chi connectivity index (χ0) is 17.7. The fraction of sp³-hybridized carbons (Fsp3) is 0.500. The molecule has 0 radical (unpaired) electrons. The number of piperidine rings is 1. The van der Waals surface area contributed by atoms with Crippen LogP contribution in [0.1, 0.15) is 33.1 Å². The third-order valence-electron chi connectivity index (χ3n) is 3.07. The predicted molar refractivity (Wildman–Crippen MR) is 86.8 cm³/mol. The first-order valence-electron chi connectivity index (χ1n) is 7.27. The van der Waals surface area contributed by atoms with Crippen molar-refractivity contribution in [1.82, 2.24) is 4.31 Å². The summed E-state index contributed by atoms with van der Waals surface area (Å²) in [4.78, 5) is 11.0. The number of primary sulfonamides is 1. The Labute approximate surface area is 137 Å². The van der Waals surface area contributed by atoms with E-state index in [0.717, 1.165) is 12.1 Å². The molecule has 0 spiro atoms. The molecule has 1 aliphatic rings. The van der Waals surface area contributed by atoms with E-state index in [4.69, 9.17) is 5.14 Å². The molecule has 0 aliphatic carbocycles. The fourth-order valence-corrected chi connectivity index (χ4v) is 3.88. The molecule has 0 amide bonds. The highest BCUT2D eigenvalue weighted by Gasteiger charge is 2.28. The Hall–Kier alpha value is -1.29. The Morgan fingerprint density at radius 1 is 0.957 bits per heavy atom. The van der Waals surface area contributed by atoms with Crippen molar-refractivity contribution in [2.75, 3.05) is 13.1 Å². The molecule has 1 aromatic carbocycles. The lowest BCUT2D eigenvalue weighted by atomic mass is 10.1. The number of carbonyl (C=O) groups is 1. The van der Waals surface area contributed by atoms with E-state index < -0.39 is 20.0 Å². The van der Waals surface area contributed by atoms with Crippen LogP contribution in [0.2, 0.25) is 0 Å². The predicted octanol–water partition coefficient (Wildman–Crippen LogP) is 1.10. The van der Waals surface area contributed by atoms with Gasteiger partial charge in [0, 0.05) is 25.9 Å². The van der Waals surface area contributed by atoms with Crippen LogP contribution in [-0.2, 0) is 24.8 Å². The third-order valence-corrected chi connectivity index (χ3v) is 5.91. The van der Waals surface area contributed by atoms with Crippen LogP contribution < -0.4 is 5.14 Å². The fourth-order valence-electron chi connectivity index (χ4n) is 1.93. The number of sulfonamides is 2. The van der Waals surface area contributed by atoms with Gasteiger partial charge in [-0.05, 0) is 24.3 Å². The Morgan fingerprint density at radius 3 is 1.74 bits per heavy atom. The van der Waals surface area contributed by atoms with Crippen LogP contribution in [0.5, 0.6) is 0 Å². The lowest BCUT2D eigenvalue weighted by Crippen LogP contribution is -2.38. The molecule has 2 rings (SSSR count). The highest BCUT2D eigenvalue weighted by molar-refractivity contribution is 7.89. The van der Waals surface area contributed by atoms with E-state index in [-0.39, 0.29) is 41.5 Å². The van der Waals surface area contributed by atoms with Gasteiger partial charge in [-0.1, -0.05) is 20.3 Å². The zero-order valence-electron chi connectivity index (χ0n) is 13.2. The molecule has 0 bridgehead atoms. The summed E-state index contributed by atoms with van der Waals surface area (Å²) >= 11 is 0. The van der Waals surface area contributed by atoms with Crippen LogP contribution in [0.15, 0.2) is 34.1 Å². The number of rotatable bonds is 3. The average molecular weight is 362 g/mol. The van der Waals surface area contributed by atoms with Crippen molar-refractivity contribution < 1.29 is 21.6 Å². The van der Waals surface area contributed by atoms with Gasteiger partial charge in [0.15, 0.2) is 0 Å². The van der Waals surface area contributed by atoms with E-state index >= 15 is 0 Å². The summed E-state index contributed by atoms with van der Waals surface area (Å²) in [6.07, 6.45) is 1.66. The molecule has 0 unspecified atom stereocenters. The molecule has 0 aromatic heterocycles. The molecule has 130 valence electrons. The first-order valence-corrected chi connectivity index (χ1v) is 10.3. The van der Waals surface area contributed by atoms with Gasteiger partial charge in [0.1, 0.15) is 5.78 Å². The molecule has 23 heavy (non-hydrogen) atoms. The molecule has 2 N–H and O–H groups in total. The second-order valence-corrected chi connectivity index (χ2v) is 8.67. The second-order valence-electron chi connectivity index (χ2n) is 5.17. The van der Waals surface area contributed by atoms with Gasteiger partial charge >= 0.3 is 0 Å². The van der Waals surface area contributed by atoms with Crippen molar-refractivity contribution in [1.29, 1.82) is 0 Å². The number of hydrogen-bond donors (Lipinski definition) is 1. The number of ketones is 1. The minimum Gasteiger partial charge on any atom is -0.300 e. The first-order chi connectivity index (χ1) is 10.6. The van der Waals surface area contributed by atoms with Crippen LogP contribution in [0.4, 0.5) is 0 Å². The minimum absolute atomic E-state index is 0.0146. The van der Waals surface area contributed by atoms with Gasteiger partial charge in [-0.3, -0.25) is 4.79 Å². The van der Waals surface area contributed by atoms with Crippen molar-refractivity contribution in [3.63, 3.8) is 0 Å². The monoisotopic (exact) mass is 362 g/mol. The molecule has 7 nitrogen and oxygen atoms in total. The van der Waals surface area contributed by atoms with Crippen molar-refractivity contribution in [3.05, 3.63) is 24.3 Å². The largest absolute Gasteiger partial charge is 0.300 e. The van der Waals surface area contributed by atoms with E-state index in [0.29, 0.717) is 0 Å². The number of nitrogens with zero attached hydrogens (tertiary/aromatic N) is 1. The van der Waals surface area contributed by atoms with Gasteiger partial charge in [-0.2, -0.15) is 4.31 Å². The molecule has 1 aliphatic heterocycles. The summed E-state index contributed by atoms with van der Waals surface area (Å²) in [6, 6.07) is 4.70. The van der Waals surface area contributed by atoms with E-state index in [1.165, 1.54) is 22.9 Å². The smallest absolute Gasteiger partial charge is 0.243 e. The first kappa shape index (κ1) is 19.8. The van der Waals surface area contributed by atoms with Crippen molar-refractivity contribution in [2.24, 2.45) is 5.14 Å². The Morgan fingerprint density at radius 2 is 1.35 bits per heavy atom. The summed E-state index contributed by atoms with van der Waals surface area (Å²) in [5.74, 6) is 0.0426. The summed E-state index contributed by atoms with van der Waals surface area (Å²) in [5.41, 5.74) is 0. The second kappa shape index (κ2) is 8.00. The topological polar surface area (TPSA) is 115 Å². The molecular formula is C14H22N2O5S2. The summed E-state index contributed by atoms with van der Waals surface area (Å²) in [7, 11) is -7.55. The Bertz CT molecular complexity index is 730. The van der Waals surface area contributed by atoms with E-state index in [9.17, 15) is 21.6 Å². The molecule has 1 aromatic rings. The molecular weight excluding hydrogens is 340 g/mol. The van der Waals surface area contributed by atoms with Crippen molar-refractivity contribution in [2.45, 2.75) is 42.9 Å². The summed E-state index contributed by atoms with van der Waals surface area (Å²) in [5, 5.41) is 4.95. The summed E-state index contributed by atoms with van der Waals surface area (Å²) < 4.78 is 48.0. The quantitative estimate of drug-likeness (QED) is 0.865. The van der Waals surface area contributed by atoms with Gasteiger partial charge in [0.05, 0.1) is 9.79 Å². The van der Waals surface area contributed by atoms with Gasteiger partial charge in [0.25, 0.3) is 0 Å². The summed E-state index contributed by atoms with van der Waals surface area (Å²) in [6.45, 7) is 4.55. The van der Waals surface area contributed by atoms with Crippen LogP contribution >= 0.6 is 0 Å². The van der Waals surface area contributed by atoms with Crippen LogP contribution in [0, 0.1) is 0 Å². The number of hydrogen-bond acceptors (Lipinski definition) is 5. The number of nitrogens with two attached hydrogens (primary N) is 1. The third kappa shape index (κ3) is 5.38. The molecule has 0 saturated carbocycles. The standard InChI is InChI=1S/C11H14N2O5S2.C3H8/c12-19(15,16)10-1-3-11(4-2-10)20(17,18)13-7-5-9(14)6-8-13;1-3-2/h1-4H,5-8H2,(H2,12,15,16);3H2,1-2H3. The lowest BCUT2D eigenvalue weighted by Gasteiger charge is -2.25. The number of benzene rings is 1. The molecule has 1 saturated heterocycles. The maximum absolute atomic E-state index is 12.3. The zero-order valence-corrected chi connectivity index (χ0v) is 14.9. The lowest BCUT2D eigenvalue weighted by molar-refractivity contribution is -0.120. The number of carbonyl (C=O) groups excluding carboxylic acids is 1. The van der Waals surface area contributed by atoms with Gasteiger partial charge in [-0.25, -0.2) is 22.0 Å². The van der Waals surface area contributed by atoms with Crippen LogP contribution in [-0.4, -0.2) is 40.0 Å². The van der Waals surface area contributed by atoms with Gasteiger partial charge in [-0.15, -0.1) is 0 Å². The minimum atomic E-state index is -3.85. The maximum atomic E-state index is 12.3. The maximum Gasteiger partial charge on any atom is 0.243 e. The normalized spacial score (nSPS) is 16.6. The van der Waals surface area contributed by atoms with Crippen LogP contribution in [0.3, 0.4) is 0 Å². The highest BCUT2D eigenvalue weighted by Crippen LogP contribution is 2.20. The van der Waals surface area contributed by atoms with E-state index in [2.05, 4.69) is 13.8 Å². The van der Waals surface area contributed by atoms with Gasteiger partial charge < -0.3 is 0 Å². The van der Waals surface area contributed by atoms with Gasteiger partial charge in [0.2, 0.25) is 20.0 Å². The van der Waals surface area contributed by atoms with Crippen LogP contribution in [0.25, 0.3) is 0 Å². The molecule has 1 heterocycles. The SMILES string of the molecule is CCC.NS(=O)(=O)c1ccc(S(=O)(=O)N2CCC(=O)CC2)cc1.